The Morgan fingerprint density at radius 3 is 2.94 bits per heavy atom. The maximum Gasteiger partial charge on any atom is 0.123 e. The van der Waals surface area contributed by atoms with E-state index in [9.17, 15) is 0 Å². The van der Waals surface area contributed by atoms with Crippen molar-refractivity contribution in [1.29, 1.82) is 0 Å². The summed E-state index contributed by atoms with van der Waals surface area (Å²) in [6, 6.07) is 4.04. The summed E-state index contributed by atoms with van der Waals surface area (Å²) in [6.07, 6.45) is 5.84. The van der Waals surface area contributed by atoms with Crippen LogP contribution in [0.3, 0.4) is 0 Å². The molecule has 0 bridgehead atoms. The average Bonchev–Trinajstić information content (AvgIpc) is 3.02. The minimum atomic E-state index is 0.625. The van der Waals surface area contributed by atoms with Crippen molar-refractivity contribution in [3.05, 3.63) is 23.9 Å². The first-order chi connectivity index (χ1) is 7.78. The predicted molar refractivity (Wildman–Crippen MR) is 66.9 cm³/mol. The van der Waals surface area contributed by atoms with Gasteiger partial charge in [-0.15, -0.1) is 0 Å². The van der Waals surface area contributed by atoms with Crippen molar-refractivity contribution in [1.82, 2.24) is 9.88 Å². The van der Waals surface area contributed by atoms with Gasteiger partial charge in [0.1, 0.15) is 5.82 Å². The molecule has 88 valence electrons. The van der Waals surface area contributed by atoms with Crippen LogP contribution in [0.5, 0.6) is 0 Å². The lowest BCUT2D eigenvalue weighted by molar-refractivity contribution is 0.255. The highest BCUT2D eigenvalue weighted by Crippen LogP contribution is 2.30. The fourth-order valence-electron chi connectivity index (χ4n) is 2.07. The highest BCUT2D eigenvalue weighted by molar-refractivity contribution is 5.31. The van der Waals surface area contributed by atoms with Gasteiger partial charge in [0.15, 0.2) is 0 Å². The van der Waals surface area contributed by atoms with Crippen LogP contribution < -0.4 is 5.73 Å². The van der Waals surface area contributed by atoms with Gasteiger partial charge in [-0.05, 0) is 49.4 Å². The Labute approximate surface area is 97.7 Å². The number of aromatic nitrogens is 1. The quantitative estimate of drug-likeness (QED) is 0.798. The lowest BCUT2D eigenvalue weighted by atomic mass is 10.2. The first-order valence-corrected chi connectivity index (χ1v) is 6.20. The molecule has 1 saturated carbocycles. The molecule has 1 aromatic rings. The van der Waals surface area contributed by atoms with Gasteiger partial charge in [0, 0.05) is 19.3 Å². The largest absolute Gasteiger partial charge is 0.384 e. The molecule has 0 saturated heterocycles. The molecule has 1 fully saturated rings. The Kier molecular flexibility index (Phi) is 3.78. The summed E-state index contributed by atoms with van der Waals surface area (Å²) in [4.78, 5) is 6.56. The van der Waals surface area contributed by atoms with E-state index in [1.54, 1.807) is 6.20 Å². The zero-order valence-corrected chi connectivity index (χ0v) is 10.0. The minimum absolute atomic E-state index is 0.625. The van der Waals surface area contributed by atoms with Gasteiger partial charge in [-0.2, -0.15) is 0 Å². The van der Waals surface area contributed by atoms with Crippen molar-refractivity contribution < 1.29 is 0 Å². The molecule has 1 aliphatic carbocycles. The molecule has 0 aromatic carbocycles. The SMILES string of the molecule is CCCN(Cc1ccnc(N)c1)CC1CC1. The van der Waals surface area contributed by atoms with E-state index in [0.717, 1.165) is 12.5 Å². The molecule has 3 nitrogen and oxygen atoms in total. The van der Waals surface area contributed by atoms with Crippen LogP contribution in [0.15, 0.2) is 18.3 Å². The third-order valence-electron chi connectivity index (χ3n) is 3.00. The Hall–Kier alpha value is -1.09. The van der Waals surface area contributed by atoms with Gasteiger partial charge >= 0.3 is 0 Å². The number of anilines is 1. The van der Waals surface area contributed by atoms with Crippen molar-refractivity contribution in [2.24, 2.45) is 5.92 Å². The molecule has 0 spiro atoms. The molecule has 2 rings (SSSR count). The van der Waals surface area contributed by atoms with E-state index >= 15 is 0 Å². The fourth-order valence-corrected chi connectivity index (χ4v) is 2.07. The number of hydrogen-bond donors (Lipinski definition) is 1. The van der Waals surface area contributed by atoms with Gasteiger partial charge in [-0.25, -0.2) is 4.98 Å². The monoisotopic (exact) mass is 219 g/mol. The maximum atomic E-state index is 5.69. The topological polar surface area (TPSA) is 42.2 Å². The minimum Gasteiger partial charge on any atom is -0.384 e. The summed E-state index contributed by atoms with van der Waals surface area (Å²) in [7, 11) is 0. The van der Waals surface area contributed by atoms with Crippen molar-refractivity contribution >= 4 is 5.82 Å². The smallest absolute Gasteiger partial charge is 0.123 e. The molecule has 1 heterocycles. The molecule has 16 heavy (non-hydrogen) atoms. The molecule has 1 aliphatic rings. The van der Waals surface area contributed by atoms with E-state index < -0.39 is 0 Å². The van der Waals surface area contributed by atoms with Gasteiger partial charge in [-0.1, -0.05) is 6.92 Å². The molecule has 0 atom stereocenters. The van der Waals surface area contributed by atoms with Crippen LogP contribution in [-0.4, -0.2) is 23.0 Å². The predicted octanol–water partition coefficient (Wildman–Crippen LogP) is 2.29. The number of pyridine rings is 1. The van der Waals surface area contributed by atoms with Gasteiger partial charge in [0.25, 0.3) is 0 Å². The normalized spacial score (nSPS) is 15.6. The van der Waals surface area contributed by atoms with E-state index in [-0.39, 0.29) is 0 Å². The summed E-state index contributed by atoms with van der Waals surface area (Å²) in [5.41, 5.74) is 6.97. The molecule has 0 aliphatic heterocycles. The molecule has 2 N–H and O–H groups in total. The van der Waals surface area contributed by atoms with E-state index in [1.165, 1.54) is 37.9 Å². The third kappa shape index (κ3) is 3.49. The second-order valence-electron chi connectivity index (χ2n) is 4.77. The standard InChI is InChI=1S/C13H21N3/c1-2-7-16(9-11-3-4-11)10-12-5-6-15-13(14)8-12/h5-6,8,11H,2-4,7,9-10H2,1H3,(H2,14,15). The van der Waals surface area contributed by atoms with Crippen LogP contribution in [-0.2, 0) is 6.54 Å². The molecular weight excluding hydrogens is 198 g/mol. The zero-order chi connectivity index (χ0) is 11.4. The van der Waals surface area contributed by atoms with Gasteiger partial charge in [0.2, 0.25) is 0 Å². The maximum absolute atomic E-state index is 5.69. The van der Waals surface area contributed by atoms with Crippen LogP contribution in [0.4, 0.5) is 5.82 Å². The van der Waals surface area contributed by atoms with Gasteiger partial charge in [0.05, 0.1) is 0 Å². The lowest BCUT2D eigenvalue weighted by Crippen LogP contribution is -2.26. The first kappa shape index (κ1) is 11.4. The highest BCUT2D eigenvalue weighted by Gasteiger charge is 2.23. The molecule has 0 amide bonds. The van der Waals surface area contributed by atoms with Crippen LogP contribution in [0.25, 0.3) is 0 Å². The van der Waals surface area contributed by atoms with E-state index in [4.69, 9.17) is 5.73 Å². The number of nitrogens with zero attached hydrogens (tertiary/aromatic N) is 2. The van der Waals surface area contributed by atoms with Gasteiger partial charge < -0.3 is 5.73 Å². The number of rotatable bonds is 6. The Bertz CT molecular complexity index is 334. The molecule has 0 radical (unpaired) electrons. The van der Waals surface area contributed by atoms with Crippen molar-refractivity contribution in [3.8, 4) is 0 Å². The van der Waals surface area contributed by atoms with E-state index in [1.807, 2.05) is 6.07 Å². The number of nitrogen functional groups attached to an aromatic ring is 1. The number of hydrogen-bond acceptors (Lipinski definition) is 3. The summed E-state index contributed by atoms with van der Waals surface area (Å²) in [5, 5.41) is 0. The summed E-state index contributed by atoms with van der Waals surface area (Å²) < 4.78 is 0. The van der Waals surface area contributed by atoms with Crippen LogP contribution in [0, 0.1) is 5.92 Å². The van der Waals surface area contributed by atoms with Crippen LogP contribution in [0.2, 0.25) is 0 Å². The summed E-state index contributed by atoms with van der Waals surface area (Å²) in [5.74, 6) is 1.58. The van der Waals surface area contributed by atoms with E-state index in [0.29, 0.717) is 5.82 Å². The first-order valence-electron chi connectivity index (χ1n) is 6.20. The zero-order valence-electron chi connectivity index (χ0n) is 10.0. The highest BCUT2D eigenvalue weighted by atomic mass is 15.1. The van der Waals surface area contributed by atoms with E-state index in [2.05, 4.69) is 22.9 Å². The van der Waals surface area contributed by atoms with Crippen LogP contribution in [0.1, 0.15) is 31.7 Å². The molecule has 0 unspecified atom stereocenters. The second-order valence-corrected chi connectivity index (χ2v) is 4.77. The Balaban J connectivity index is 1.92. The van der Waals surface area contributed by atoms with Crippen molar-refractivity contribution in [3.63, 3.8) is 0 Å². The van der Waals surface area contributed by atoms with Crippen LogP contribution >= 0.6 is 0 Å². The lowest BCUT2D eigenvalue weighted by Gasteiger charge is -2.21. The van der Waals surface area contributed by atoms with Gasteiger partial charge in [-0.3, -0.25) is 4.90 Å². The Morgan fingerprint density at radius 2 is 2.31 bits per heavy atom. The molecular formula is C13H21N3. The van der Waals surface area contributed by atoms with Crippen molar-refractivity contribution in [2.75, 3.05) is 18.8 Å². The average molecular weight is 219 g/mol. The Morgan fingerprint density at radius 1 is 1.50 bits per heavy atom. The third-order valence-corrected chi connectivity index (χ3v) is 3.00. The fraction of sp³-hybridized carbons (Fsp3) is 0.615. The molecule has 3 heteroatoms. The second kappa shape index (κ2) is 5.30. The number of nitrogens with two attached hydrogens (primary N) is 1. The summed E-state index contributed by atoms with van der Waals surface area (Å²) >= 11 is 0. The summed E-state index contributed by atoms with van der Waals surface area (Å²) in [6.45, 7) is 5.67. The molecule has 1 aromatic heterocycles. The van der Waals surface area contributed by atoms with Crippen molar-refractivity contribution in [2.45, 2.75) is 32.7 Å².